The molecule has 0 aromatic heterocycles. The Hall–Kier alpha value is -4.14. The van der Waals surface area contributed by atoms with Crippen LogP contribution in [0.5, 0.6) is 5.75 Å². The van der Waals surface area contributed by atoms with Crippen molar-refractivity contribution >= 4 is 39.4 Å². The summed E-state index contributed by atoms with van der Waals surface area (Å²) in [6.45, 7) is 0.357. The Morgan fingerprint density at radius 1 is 0.919 bits per heavy atom. The van der Waals surface area contributed by atoms with Crippen LogP contribution in [0.2, 0.25) is 5.02 Å². The second-order valence-electron chi connectivity index (χ2n) is 7.98. The maximum Gasteiger partial charge on any atom is 0.271 e. The quantitative estimate of drug-likeness (QED) is 0.227. The molecule has 0 fully saturated rings. The Balaban J connectivity index is 1.31. The first kappa shape index (κ1) is 25.9. The van der Waals surface area contributed by atoms with E-state index in [-0.39, 0.29) is 4.90 Å². The number of benzene rings is 4. The van der Waals surface area contributed by atoms with E-state index in [1.807, 2.05) is 36.4 Å². The molecule has 0 aliphatic heterocycles. The van der Waals surface area contributed by atoms with E-state index in [0.717, 1.165) is 11.1 Å². The highest BCUT2D eigenvalue weighted by atomic mass is 35.5. The number of carbonyl (C=O) groups excluding carboxylic acids is 1. The van der Waals surface area contributed by atoms with Crippen molar-refractivity contribution in [3.63, 3.8) is 0 Å². The molecule has 0 aliphatic rings. The second-order valence-corrected chi connectivity index (χ2v) is 10.4. The van der Waals surface area contributed by atoms with Crippen LogP contribution < -0.4 is 14.5 Å². The van der Waals surface area contributed by atoms with Crippen molar-refractivity contribution in [2.75, 3.05) is 11.4 Å². The van der Waals surface area contributed by atoms with Gasteiger partial charge in [0.2, 0.25) is 0 Å². The molecule has 0 bridgehead atoms. The Morgan fingerprint density at radius 3 is 2.24 bits per heavy atom. The first-order valence-electron chi connectivity index (χ1n) is 11.3. The topological polar surface area (TPSA) is 88.1 Å². The number of amides is 1. The fourth-order valence-electron chi connectivity index (χ4n) is 3.37. The molecule has 0 spiro atoms. The molecule has 0 radical (unpaired) electrons. The average molecular weight is 534 g/mol. The molecule has 0 saturated heterocycles. The van der Waals surface area contributed by atoms with Crippen molar-refractivity contribution in [2.24, 2.45) is 5.10 Å². The van der Waals surface area contributed by atoms with Gasteiger partial charge in [-0.3, -0.25) is 9.10 Å². The summed E-state index contributed by atoms with van der Waals surface area (Å²) in [5.74, 6) is 0.261. The highest BCUT2D eigenvalue weighted by Gasteiger charge is 2.21. The maximum atomic E-state index is 12.8. The van der Waals surface area contributed by atoms with Crippen LogP contribution in [0.15, 0.2) is 113 Å². The number of ether oxygens (including phenoxy) is 1. The van der Waals surface area contributed by atoms with Crippen LogP contribution >= 0.6 is 11.6 Å². The molecule has 4 rings (SSSR count). The zero-order valence-electron chi connectivity index (χ0n) is 19.9. The van der Waals surface area contributed by atoms with Crippen LogP contribution in [0, 0.1) is 0 Å². The molecule has 0 atom stereocenters. The van der Waals surface area contributed by atoms with Crippen molar-refractivity contribution in [2.45, 2.75) is 11.5 Å². The van der Waals surface area contributed by atoms with Crippen LogP contribution in [0.3, 0.4) is 0 Å². The number of hydrogen-bond acceptors (Lipinski definition) is 5. The van der Waals surface area contributed by atoms with E-state index in [0.29, 0.717) is 28.6 Å². The largest absolute Gasteiger partial charge is 0.489 e. The van der Waals surface area contributed by atoms with Gasteiger partial charge in [0.15, 0.2) is 0 Å². The molecule has 4 aromatic carbocycles. The maximum absolute atomic E-state index is 12.8. The fraction of sp³-hybridized carbons (Fsp3) is 0.0714. The minimum atomic E-state index is -3.70. The summed E-state index contributed by atoms with van der Waals surface area (Å²) in [5, 5.41) is 4.65. The summed E-state index contributed by atoms with van der Waals surface area (Å²) in [6.07, 6.45) is 1.52. The number of halogens is 1. The number of anilines is 1. The van der Waals surface area contributed by atoms with E-state index in [2.05, 4.69) is 10.5 Å². The molecule has 9 heteroatoms. The van der Waals surface area contributed by atoms with Gasteiger partial charge >= 0.3 is 0 Å². The molecule has 7 nitrogen and oxygen atoms in total. The molecule has 0 heterocycles. The van der Waals surface area contributed by atoms with Gasteiger partial charge in [-0.15, -0.1) is 0 Å². The third-order valence-electron chi connectivity index (χ3n) is 5.51. The van der Waals surface area contributed by atoms with E-state index in [4.69, 9.17) is 16.3 Å². The van der Waals surface area contributed by atoms with Gasteiger partial charge in [-0.2, -0.15) is 5.10 Å². The van der Waals surface area contributed by atoms with Gasteiger partial charge in [-0.1, -0.05) is 48.0 Å². The van der Waals surface area contributed by atoms with Gasteiger partial charge in [-0.05, 0) is 72.3 Å². The molecule has 4 aromatic rings. The number of hydrogen-bond donors (Lipinski definition) is 1. The highest BCUT2D eigenvalue weighted by molar-refractivity contribution is 7.92. The van der Waals surface area contributed by atoms with Gasteiger partial charge in [0, 0.05) is 23.2 Å². The van der Waals surface area contributed by atoms with E-state index in [1.165, 1.54) is 29.7 Å². The number of hydrazone groups is 1. The van der Waals surface area contributed by atoms with E-state index >= 15 is 0 Å². The molecule has 0 saturated carbocycles. The number of nitrogens with one attached hydrogen (secondary N) is 1. The lowest BCUT2D eigenvalue weighted by atomic mass is 10.2. The predicted octanol–water partition coefficient (Wildman–Crippen LogP) is 5.51. The molecule has 37 heavy (non-hydrogen) atoms. The van der Waals surface area contributed by atoms with E-state index in [9.17, 15) is 13.2 Å². The monoisotopic (exact) mass is 533 g/mol. The van der Waals surface area contributed by atoms with E-state index < -0.39 is 15.9 Å². The van der Waals surface area contributed by atoms with Crippen molar-refractivity contribution in [3.05, 3.63) is 125 Å². The Morgan fingerprint density at radius 2 is 1.57 bits per heavy atom. The summed E-state index contributed by atoms with van der Waals surface area (Å²) in [6, 6.07) is 29.1. The van der Waals surface area contributed by atoms with Crippen molar-refractivity contribution in [1.29, 1.82) is 0 Å². The summed E-state index contributed by atoms with van der Waals surface area (Å²) in [7, 11) is -2.23. The minimum Gasteiger partial charge on any atom is -0.489 e. The smallest absolute Gasteiger partial charge is 0.271 e. The van der Waals surface area contributed by atoms with Gasteiger partial charge in [-0.25, -0.2) is 13.8 Å². The molecule has 0 unspecified atom stereocenters. The van der Waals surface area contributed by atoms with Crippen LogP contribution in [0.1, 0.15) is 21.5 Å². The standard InChI is InChI=1S/C28H24ClN3O4S/c1-32(37(34,35)26-8-3-2-4-9-26)24-15-13-22(14-16-24)28(33)31-30-19-21-11-17-25(18-12-21)36-20-23-7-5-6-10-27(23)29/h2-19H,20H2,1H3,(H,31,33)/b30-19+. The van der Waals surface area contributed by atoms with Crippen molar-refractivity contribution < 1.29 is 17.9 Å². The van der Waals surface area contributed by atoms with Gasteiger partial charge in [0.1, 0.15) is 12.4 Å². The van der Waals surface area contributed by atoms with Crippen molar-refractivity contribution in [3.8, 4) is 5.75 Å². The van der Waals surface area contributed by atoms with Gasteiger partial charge in [0.25, 0.3) is 15.9 Å². The first-order valence-corrected chi connectivity index (χ1v) is 13.1. The molecular weight excluding hydrogens is 510 g/mol. The number of nitrogens with zero attached hydrogens (tertiary/aromatic N) is 2. The summed E-state index contributed by atoms with van der Waals surface area (Å²) >= 11 is 6.15. The lowest BCUT2D eigenvalue weighted by Crippen LogP contribution is -2.26. The van der Waals surface area contributed by atoms with Gasteiger partial charge < -0.3 is 4.74 Å². The van der Waals surface area contributed by atoms with Crippen LogP contribution in [0.25, 0.3) is 0 Å². The zero-order chi connectivity index (χ0) is 26.3. The van der Waals surface area contributed by atoms with Crippen LogP contribution in [-0.4, -0.2) is 27.6 Å². The Labute approximate surface area is 221 Å². The second kappa shape index (κ2) is 11.7. The zero-order valence-corrected chi connectivity index (χ0v) is 21.5. The third-order valence-corrected chi connectivity index (χ3v) is 7.68. The number of carbonyl (C=O) groups is 1. The van der Waals surface area contributed by atoms with Crippen molar-refractivity contribution in [1.82, 2.24) is 5.43 Å². The van der Waals surface area contributed by atoms with E-state index in [1.54, 1.807) is 54.6 Å². The van der Waals surface area contributed by atoms with Crippen LogP contribution in [0.4, 0.5) is 5.69 Å². The van der Waals surface area contributed by atoms with Crippen LogP contribution in [-0.2, 0) is 16.6 Å². The molecule has 1 amide bonds. The summed E-state index contributed by atoms with van der Waals surface area (Å²) in [5.41, 5.74) is 4.92. The average Bonchev–Trinajstić information content (AvgIpc) is 2.93. The molecule has 188 valence electrons. The minimum absolute atomic E-state index is 0.189. The first-order chi connectivity index (χ1) is 17.8. The lowest BCUT2D eigenvalue weighted by Gasteiger charge is -2.19. The Bertz CT molecular complexity index is 1490. The molecular formula is C28H24ClN3O4S. The normalized spacial score (nSPS) is 11.3. The van der Waals surface area contributed by atoms with Gasteiger partial charge in [0.05, 0.1) is 16.8 Å². The lowest BCUT2D eigenvalue weighted by molar-refractivity contribution is 0.0955. The molecule has 0 aliphatic carbocycles. The summed E-state index contributed by atoms with van der Waals surface area (Å²) < 4.78 is 32.5. The number of rotatable bonds is 9. The fourth-order valence-corrected chi connectivity index (χ4v) is 4.78. The predicted molar refractivity (Wildman–Crippen MR) is 146 cm³/mol. The third kappa shape index (κ3) is 6.55. The highest BCUT2D eigenvalue weighted by Crippen LogP contribution is 2.22. The molecule has 1 N–H and O–H groups in total. The Kier molecular flexibility index (Phi) is 8.22. The number of sulfonamides is 1. The SMILES string of the molecule is CN(c1ccc(C(=O)N/N=C/c2ccc(OCc3ccccc3Cl)cc2)cc1)S(=O)(=O)c1ccccc1. The summed E-state index contributed by atoms with van der Waals surface area (Å²) in [4.78, 5) is 12.6.